The molecule has 4 aliphatic rings. The highest BCUT2D eigenvalue weighted by atomic mass is 16.1. The first-order chi connectivity index (χ1) is 11.2. The average Bonchev–Trinajstić information content (AvgIpc) is 2.53. The lowest BCUT2D eigenvalue weighted by atomic mass is 9.52. The van der Waals surface area contributed by atoms with Crippen LogP contribution in [0.4, 0.5) is 0 Å². The summed E-state index contributed by atoms with van der Waals surface area (Å²) in [4.78, 5) is 23.1. The number of amides is 1. The Hall–Kier alpha value is -1.65. The van der Waals surface area contributed by atoms with E-state index >= 15 is 0 Å². The standard InChI is InChI=1S/C18H25N3O2/c22-17(3-1-15-2-4-18(23)21-20-15)19-10-16-13-6-11-5-12(8-13)9-14(16)7-11/h2,4,11-14,16H,1,3,5-10H2,(H,19,22)(H,21,23). The van der Waals surface area contributed by atoms with Crippen LogP contribution in [-0.4, -0.2) is 22.6 Å². The Morgan fingerprint density at radius 3 is 2.43 bits per heavy atom. The Morgan fingerprint density at radius 1 is 1.13 bits per heavy atom. The highest BCUT2D eigenvalue weighted by Crippen LogP contribution is 2.56. The molecule has 4 bridgehead atoms. The predicted molar refractivity (Wildman–Crippen MR) is 86.7 cm³/mol. The lowest BCUT2D eigenvalue weighted by Gasteiger charge is -2.54. The van der Waals surface area contributed by atoms with Crippen LogP contribution in [0.3, 0.4) is 0 Å². The zero-order valence-electron chi connectivity index (χ0n) is 13.5. The van der Waals surface area contributed by atoms with Gasteiger partial charge in [0.1, 0.15) is 0 Å². The van der Waals surface area contributed by atoms with E-state index in [0.29, 0.717) is 18.8 Å². The van der Waals surface area contributed by atoms with E-state index in [2.05, 4.69) is 15.5 Å². The molecule has 0 aliphatic heterocycles. The highest BCUT2D eigenvalue weighted by Gasteiger charge is 2.47. The molecule has 1 heterocycles. The Kier molecular flexibility index (Phi) is 3.95. The Balaban J connectivity index is 1.25. The van der Waals surface area contributed by atoms with Crippen molar-refractivity contribution in [1.82, 2.24) is 15.5 Å². The van der Waals surface area contributed by atoms with Gasteiger partial charge in [-0.2, -0.15) is 5.10 Å². The molecule has 23 heavy (non-hydrogen) atoms. The quantitative estimate of drug-likeness (QED) is 0.871. The second-order valence-electron chi connectivity index (χ2n) is 7.81. The number of aromatic nitrogens is 2. The maximum Gasteiger partial charge on any atom is 0.264 e. The zero-order valence-corrected chi connectivity index (χ0v) is 13.5. The van der Waals surface area contributed by atoms with Gasteiger partial charge < -0.3 is 5.32 Å². The molecule has 0 unspecified atom stereocenters. The summed E-state index contributed by atoms with van der Waals surface area (Å²) in [6.45, 7) is 0.854. The minimum Gasteiger partial charge on any atom is -0.356 e. The van der Waals surface area contributed by atoms with Gasteiger partial charge in [0.05, 0.1) is 5.69 Å². The topological polar surface area (TPSA) is 74.8 Å². The molecule has 4 saturated carbocycles. The molecule has 1 aromatic heterocycles. The number of aryl methyl sites for hydroxylation is 1. The lowest BCUT2D eigenvalue weighted by Crippen LogP contribution is -2.49. The fourth-order valence-corrected chi connectivity index (χ4v) is 5.45. The molecule has 5 rings (SSSR count). The van der Waals surface area contributed by atoms with E-state index < -0.39 is 0 Å². The summed E-state index contributed by atoms with van der Waals surface area (Å²) < 4.78 is 0. The van der Waals surface area contributed by atoms with Crippen molar-refractivity contribution in [2.24, 2.45) is 29.6 Å². The van der Waals surface area contributed by atoms with Gasteiger partial charge in [-0.3, -0.25) is 9.59 Å². The smallest absolute Gasteiger partial charge is 0.264 e. The molecule has 5 nitrogen and oxygen atoms in total. The fourth-order valence-electron chi connectivity index (χ4n) is 5.45. The molecular weight excluding hydrogens is 290 g/mol. The lowest BCUT2D eigenvalue weighted by molar-refractivity contribution is -0.122. The molecule has 1 amide bonds. The van der Waals surface area contributed by atoms with E-state index in [4.69, 9.17) is 0 Å². The fraction of sp³-hybridized carbons (Fsp3) is 0.722. The third-order valence-corrected chi connectivity index (χ3v) is 6.30. The van der Waals surface area contributed by atoms with Crippen LogP contribution in [0.5, 0.6) is 0 Å². The van der Waals surface area contributed by atoms with Gasteiger partial charge in [0.2, 0.25) is 5.91 Å². The van der Waals surface area contributed by atoms with Crippen LogP contribution in [0.15, 0.2) is 16.9 Å². The summed E-state index contributed by atoms with van der Waals surface area (Å²) in [5, 5.41) is 9.50. The van der Waals surface area contributed by atoms with Crippen molar-refractivity contribution >= 4 is 5.91 Å². The predicted octanol–water partition coefficient (Wildman–Crippen LogP) is 1.89. The molecule has 0 aromatic carbocycles. The molecule has 4 fully saturated rings. The molecule has 0 radical (unpaired) electrons. The van der Waals surface area contributed by atoms with E-state index in [1.54, 1.807) is 6.07 Å². The second-order valence-corrected chi connectivity index (χ2v) is 7.81. The SMILES string of the molecule is O=C(CCc1ccc(=O)[nH]n1)NCC1C2CC3CC(C2)CC1C3. The first-order valence-electron chi connectivity index (χ1n) is 8.98. The molecule has 0 spiro atoms. The van der Waals surface area contributed by atoms with Crippen molar-refractivity contribution in [1.29, 1.82) is 0 Å². The summed E-state index contributed by atoms with van der Waals surface area (Å²) in [7, 11) is 0. The van der Waals surface area contributed by atoms with Crippen LogP contribution >= 0.6 is 0 Å². The largest absolute Gasteiger partial charge is 0.356 e. The summed E-state index contributed by atoms with van der Waals surface area (Å²) in [5.41, 5.74) is 0.550. The summed E-state index contributed by atoms with van der Waals surface area (Å²) in [6, 6.07) is 3.14. The number of aromatic amines is 1. The van der Waals surface area contributed by atoms with E-state index in [-0.39, 0.29) is 11.5 Å². The number of carbonyl (C=O) groups is 1. The van der Waals surface area contributed by atoms with Crippen molar-refractivity contribution in [3.63, 3.8) is 0 Å². The monoisotopic (exact) mass is 315 g/mol. The van der Waals surface area contributed by atoms with E-state index in [1.165, 1.54) is 38.2 Å². The summed E-state index contributed by atoms with van der Waals surface area (Å²) >= 11 is 0. The van der Waals surface area contributed by atoms with Gasteiger partial charge in [-0.15, -0.1) is 0 Å². The van der Waals surface area contributed by atoms with Crippen LogP contribution < -0.4 is 10.9 Å². The van der Waals surface area contributed by atoms with E-state index in [9.17, 15) is 9.59 Å². The molecule has 0 saturated heterocycles. The van der Waals surface area contributed by atoms with Crippen LogP contribution in [-0.2, 0) is 11.2 Å². The Labute approximate surface area is 136 Å². The molecule has 5 heteroatoms. The highest BCUT2D eigenvalue weighted by molar-refractivity contribution is 5.76. The number of hydrogen-bond donors (Lipinski definition) is 2. The summed E-state index contributed by atoms with van der Waals surface area (Å²) in [6.07, 6.45) is 8.07. The first-order valence-corrected chi connectivity index (χ1v) is 8.98. The van der Waals surface area contributed by atoms with Crippen LogP contribution in [0.2, 0.25) is 0 Å². The number of nitrogens with zero attached hydrogens (tertiary/aromatic N) is 1. The van der Waals surface area contributed by atoms with Crippen molar-refractivity contribution in [2.45, 2.75) is 44.9 Å². The number of rotatable bonds is 5. The minimum absolute atomic E-state index is 0.104. The number of hydrogen-bond acceptors (Lipinski definition) is 3. The van der Waals surface area contributed by atoms with Gasteiger partial charge in [0.25, 0.3) is 5.56 Å². The third-order valence-electron chi connectivity index (χ3n) is 6.30. The zero-order chi connectivity index (χ0) is 15.8. The van der Waals surface area contributed by atoms with Crippen molar-refractivity contribution in [3.05, 3.63) is 28.2 Å². The third kappa shape index (κ3) is 3.19. The molecule has 124 valence electrons. The summed E-state index contributed by atoms with van der Waals surface area (Å²) in [5.74, 6) is 4.48. The van der Waals surface area contributed by atoms with Crippen molar-refractivity contribution < 1.29 is 4.79 Å². The van der Waals surface area contributed by atoms with Crippen molar-refractivity contribution in [3.8, 4) is 0 Å². The van der Waals surface area contributed by atoms with Crippen molar-refractivity contribution in [2.75, 3.05) is 6.54 Å². The second kappa shape index (κ2) is 6.10. The van der Waals surface area contributed by atoms with Crippen LogP contribution in [0, 0.1) is 29.6 Å². The number of nitrogens with one attached hydrogen (secondary N) is 2. The van der Waals surface area contributed by atoms with Gasteiger partial charge in [0.15, 0.2) is 0 Å². The molecule has 0 atom stereocenters. The first kappa shape index (κ1) is 14.9. The molecule has 2 N–H and O–H groups in total. The normalized spacial score (nSPS) is 34.5. The minimum atomic E-state index is -0.208. The number of H-pyrrole nitrogens is 1. The maximum absolute atomic E-state index is 12.1. The number of carbonyl (C=O) groups excluding carboxylic acids is 1. The van der Waals surface area contributed by atoms with Gasteiger partial charge in [0, 0.05) is 25.5 Å². The van der Waals surface area contributed by atoms with E-state index in [1.807, 2.05) is 0 Å². The van der Waals surface area contributed by atoms with Gasteiger partial charge >= 0.3 is 0 Å². The maximum atomic E-state index is 12.1. The molecule has 4 aliphatic carbocycles. The van der Waals surface area contributed by atoms with Crippen LogP contribution in [0.25, 0.3) is 0 Å². The van der Waals surface area contributed by atoms with Crippen LogP contribution in [0.1, 0.15) is 44.2 Å². The van der Waals surface area contributed by atoms with Gasteiger partial charge in [-0.1, -0.05) is 0 Å². The molecule has 1 aromatic rings. The Morgan fingerprint density at radius 2 is 1.83 bits per heavy atom. The average molecular weight is 315 g/mol. The van der Waals surface area contributed by atoms with Gasteiger partial charge in [-0.25, -0.2) is 5.10 Å². The Bertz CT molecular complexity index is 591. The van der Waals surface area contributed by atoms with E-state index in [0.717, 1.165) is 35.9 Å². The molecular formula is C18H25N3O2. The van der Waals surface area contributed by atoms with Gasteiger partial charge in [-0.05, 0) is 67.8 Å².